The lowest BCUT2D eigenvalue weighted by Crippen LogP contribution is -2.19. The molecule has 0 amide bonds. The monoisotopic (exact) mass is 291 g/mol. The molecule has 0 saturated heterocycles. The molecule has 1 aromatic carbocycles. The van der Waals surface area contributed by atoms with Gasteiger partial charge in [0.15, 0.2) is 11.5 Å². The van der Waals surface area contributed by atoms with Crippen LogP contribution in [0.2, 0.25) is 25.7 Å². The van der Waals surface area contributed by atoms with Crippen molar-refractivity contribution in [2.24, 2.45) is 7.05 Å². The van der Waals surface area contributed by atoms with Crippen molar-refractivity contribution in [2.75, 3.05) is 14.2 Å². The standard InChI is InChI=1S/C16H25NO2Si/c1-17-11-12(7-8-20(4,5)6)13-9-15(18-2)16(19-3)10-14(13)17/h9-11H,7-8H2,1-6H3. The second kappa shape index (κ2) is 5.52. The molecule has 3 nitrogen and oxygen atoms in total. The molecule has 0 unspecified atom stereocenters. The Morgan fingerprint density at radius 2 is 1.65 bits per heavy atom. The van der Waals surface area contributed by atoms with Crippen molar-refractivity contribution in [1.29, 1.82) is 0 Å². The SMILES string of the molecule is COc1cc2c(CC[Si](C)(C)C)cn(C)c2cc1OC. The molecule has 0 aliphatic heterocycles. The average molecular weight is 291 g/mol. The zero-order valence-electron chi connectivity index (χ0n) is 13.4. The summed E-state index contributed by atoms with van der Waals surface area (Å²) in [6.45, 7) is 7.26. The van der Waals surface area contributed by atoms with Crippen molar-refractivity contribution in [3.63, 3.8) is 0 Å². The fraction of sp³-hybridized carbons (Fsp3) is 0.500. The van der Waals surface area contributed by atoms with Gasteiger partial charge in [-0.1, -0.05) is 25.7 Å². The van der Waals surface area contributed by atoms with Gasteiger partial charge in [-0.3, -0.25) is 0 Å². The van der Waals surface area contributed by atoms with E-state index in [0.29, 0.717) is 0 Å². The number of rotatable bonds is 5. The quantitative estimate of drug-likeness (QED) is 0.775. The van der Waals surface area contributed by atoms with E-state index in [0.717, 1.165) is 17.9 Å². The highest BCUT2D eigenvalue weighted by atomic mass is 28.3. The lowest BCUT2D eigenvalue weighted by atomic mass is 10.1. The molecule has 1 aromatic heterocycles. The van der Waals surface area contributed by atoms with Gasteiger partial charge in [0.05, 0.1) is 19.7 Å². The van der Waals surface area contributed by atoms with Gasteiger partial charge in [-0.15, -0.1) is 0 Å². The summed E-state index contributed by atoms with van der Waals surface area (Å²) in [7, 11) is 4.43. The maximum Gasteiger partial charge on any atom is 0.162 e. The maximum absolute atomic E-state index is 5.43. The Hall–Kier alpha value is -1.42. The van der Waals surface area contributed by atoms with Gasteiger partial charge >= 0.3 is 0 Å². The Kier molecular flexibility index (Phi) is 4.13. The predicted octanol–water partition coefficient (Wildman–Crippen LogP) is 4.08. The predicted molar refractivity (Wildman–Crippen MR) is 87.9 cm³/mol. The second-order valence-corrected chi connectivity index (χ2v) is 12.2. The molecule has 0 aliphatic carbocycles. The summed E-state index contributed by atoms with van der Waals surface area (Å²) in [6, 6.07) is 5.47. The van der Waals surface area contributed by atoms with E-state index in [-0.39, 0.29) is 0 Å². The smallest absolute Gasteiger partial charge is 0.162 e. The first-order valence-corrected chi connectivity index (χ1v) is 10.8. The van der Waals surface area contributed by atoms with E-state index in [1.54, 1.807) is 14.2 Å². The first kappa shape index (κ1) is 15.0. The molecule has 4 heteroatoms. The van der Waals surface area contributed by atoms with Crippen LogP contribution in [0.25, 0.3) is 10.9 Å². The summed E-state index contributed by atoms with van der Waals surface area (Å²) in [5, 5.41) is 1.28. The van der Waals surface area contributed by atoms with Crippen LogP contribution in [0.3, 0.4) is 0 Å². The van der Waals surface area contributed by atoms with E-state index < -0.39 is 8.07 Å². The Labute approximate surface area is 122 Å². The van der Waals surface area contributed by atoms with Crippen LogP contribution in [0.15, 0.2) is 18.3 Å². The number of hydrogen-bond donors (Lipinski definition) is 0. The fourth-order valence-electron chi connectivity index (χ4n) is 2.50. The minimum atomic E-state index is -1.02. The molecule has 0 radical (unpaired) electrons. The van der Waals surface area contributed by atoms with Crippen molar-refractivity contribution < 1.29 is 9.47 Å². The summed E-state index contributed by atoms with van der Waals surface area (Å²) in [5.41, 5.74) is 2.61. The third-order valence-corrected chi connectivity index (χ3v) is 5.47. The third kappa shape index (κ3) is 3.01. The fourth-order valence-corrected chi connectivity index (χ4v) is 3.52. The molecule has 0 bridgehead atoms. The summed E-state index contributed by atoms with van der Waals surface area (Å²) in [4.78, 5) is 0. The third-order valence-electron chi connectivity index (χ3n) is 3.72. The van der Waals surface area contributed by atoms with E-state index in [2.05, 4.69) is 49.6 Å². The molecule has 20 heavy (non-hydrogen) atoms. The van der Waals surface area contributed by atoms with E-state index >= 15 is 0 Å². The molecule has 2 aromatic rings. The molecule has 0 spiro atoms. The van der Waals surface area contributed by atoms with Crippen molar-refractivity contribution in [1.82, 2.24) is 4.57 Å². The summed E-state index contributed by atoms with van der Waals surface area (Å²) < 4.78 is 13.0. The molecular weight excluding hydrogens is 266 g/mol. The van der Waals surface area contributed by atoms with E-state index in [4.69, 9.17) is 9.47 Å². The first-order valence-electron chi connectivity index (χ1n) is 7.05. The molecule has 0 atom stereocenters. The summed E-state index contributed by atoms with van der Waals surface area (Å²) in [5.74, 6) is 1.60. The highest BCUT2D eigenvalue weighted by molar-refractivity contribution is 6.76. The largest absolute Gasteiger partial charge is 0.493 e. The van der Waals surface area contributed by atoms with Crippen molar-refractivity contribution in [3.8, 4) is 11.5 Å². The van der Waals surface area contributed by atoms with Crippen LogP contribution in [-0.2, 0) is 13.5 Å². The van der Waals surface area contributed by atoms with Gasteiger partial charge in [0, 0.05) is 32.8 Å². The van der Waals surface area contributed by atoms with Crippen LogP contribution in [0.4, 0.5) is 0 Å². The normalized spacial score (nSPS) is 11.9. The molecule has 0 fully saturated rings. The lowest BCUT2D eigenvalue weighted by molar-refractivity contribution is 0.355. The second-order valence-electron chi connectivity index (χ2n) is 6.55. The topological polar surface area (TPSA) is 23.4 Å². The minimum Gasteiger partial charge on any atom is -0.493 e. The molecular formula is C16H25NO2Si. The number of aryl methyl sites for hydroxylation is 2. The van der Waals surface area contributed by atoms with E-state index in [1.807, 2.05) is 0 Å². The highest BCUT2D eigenvalue weighted by Crippen LogP contribution is 2.35. The van der Waals surface area contributed by atoms with Crippen LogP contribution < -0.4 is 9.47 Å². The highest BCUT2D eigenvalue weighted by Gasteiger charge is 2.16. The van der Waals surface area contributed by atoms with Crippen LogP contribution in [0.5, 0.6) is 11.5 Å². The van der Waals surface area contributed by atoms with Crippen LogP contribution >= 0.6 is 0 Å². The van der Waals surface area contributed by atoms with Gasteiger partial charge in [-0.25, -0.2) is 0 Å². The van der Waals surface area contributed by atoms with E-state index in [9.17, 15) is 0 Å². The molecule has 0 aliphatic rings. The Balaban J connectivity index is 2.46. The maximum atomic E-state index is 5.43. The van der Waals surface area contributed by atoms with Crippen molar-refractivity contribution in [2.45, 2.75) is 32.1 Å². The van der Waals surface area contributed by atoms with Gasteiger partial charge in [-0.2, -0.15) is 0 Å². The van der Waals surface area contributed by atoms with Crippen LogP contribution in [0.1, 0.15) is 5.56 Å². The minimum absolute atomic E-state index is 0.790. The average Bonchev–Trinajstić information content (AvgIpc) is 2.70. The number of methoxy groups -OCH3 is 2. The van der Waals surface area contributed by atoms with Crippen molar-refractivity contribution in [3.05, 3.63) is 23.9 Å². The van der Waals surface area contributed by atoms with Gasteiger partial charge in [-0.05, 0) is 18.1 Å². The van der Waals surface area contributed by atoms with Gasteiger partial charge in [0.2, 0.25) is 0 Å². The number of aromatic nitrogens is 1. The van der Waals surface area contributed by atoms with Gasteiger partial charge in [0.1, 0.15) is 0 Å². The molecule has 1 heterocycles. The Morgan fingerprint density at radius 3 is 2.20 bits per heavy atom. The first-order chi connectivity index (χ1) is 9.35. The van der Waals surface area contributed by atoms with Gasteiger partial charge in [0.25, 0.3) is 0 Å². The van der Waals surface area contributed by atoms with E-state index in [1.165, 1.54) is 22.5 Å². The summed E-state index contributed by atoms with van der Waals surface area (Å²) in [6.07, 6.45) is 3.38. The van der Waals surface area contributed by atoms with Crippen LogP contribution in [0, 0.1) is 0 Å². The number of nitrogens with zero attached hydrogens (tertiary/aromatic N) is 1. The number of hydrogen-bond acceptors (Lipinski definition) is 2. The number of ether oxygens (including phenoxy) is 2. The van der Waals surface area contributed by atoms with Crippen molar-refractivity contribution >= 4 is 19.0 Å². The molecule has 0 saturated carbocycles. The zero-order valence-corrected chi connectivity index (χ0v) is 14.4. The Bertz CT molecular complexity index is 611. The van der Waals surface area contributed by atoms with Crippen LogP contribution in [-0.4, -0.2) is 26.9 Å². The number of fused-ring (bicyclic) bond motifs is 1. The lowest BCUT2D eigenvalue weighted by Gasteiger charge is -2.15. The zero-order chi connectivity index (χ0) is 14.9. The molecule has 110 valence electrons. The molecule has 0 N–H and O–H groups in total. The summed E-state index contributed by atoms with van der Waals surface area (Å²) >= 11 is 0. The van der Waals surface area contributed by atoms with Gasteiger partial charge < -0.3 is 14.0 Å². The molecule has 2 rings (SSSR count). The Morgan fingerprint density at radius 1 is 1.05 bits per heavy atom. The number of benzene rings is 1.